The fourth-order valence-electron chi connectivity index (χ4n) is 3.69. The van der Waals surface area contributed by atoms with Crippen LogP contribution in [0.2, 0.25) is 0 Å². The van der Waals surface area contributed by atoms with Crippen LogP contribution in [0.1, 0.15) is 34.8 Å². The van der Waals surface area contributed by atoms with Crippen LogP contribution in [0.15, 0.2) is 40.8 Å². The molecule has 0 radical (unpaired) electrons. The van der Waals surface area contributed by atoms with E-state index in [1.165, 1.54) is 24.3 Å². The molecule has 1 fully saturated rings. The molecule has 1 unspecified atom stereocenters. The Bertz CT molecular complexity index is 1080. The Hall–Kier alpha value is -3.39. The number of nitrogens with two attached hydrogens (primary N) is 1. The molecule has 1 aliphatic rings. The summed E-state index contributed by atoms with van der Waals surface area (Å²) in [7, 11) is 1.54. The average Bonchev–Trinajstić information content (AvgIpc) is 3.34. The third kappa shape index (κ3) is 3.54. The average molecular weight is 398 g/mol. The molecular weight excluding hydrogens is 379 g/mol. The van der Waals surface area contributed by atoms with Gasteiger partial charge in [0.25, 0.3) is 0 Å². The number of benzene rings is 2. The number of halogens is 1. The Balaban J connectivity index is 1.93. The van der Waals surface area contributed by atoms with Crippen LogP contribution in [-0.2, 0) is 4.74 Å². The van der Waals surface area contributed by atoms with Crippen LogP contribution in [0.5, 0.6) is 5.75 Å². The number of ether oxygens (including phenoxy) is 2. The van der Waals surface area contributed by atoms with Gasteiger partial charge in [-0.25, -0.2) is 14.0 Å². The molecule has 0 aliphatic carbocycles. The third-order valence-corrected chi connectivity index (χ3v) is 4.98. The minimum Gasteiger partial charge on any atom is -0.496 e. The zero-order valence-corrected chi connectivity index (χ0v) is 15.7. The molecule has 0 saturated carbocycles. The van der Waals surface area contributed by atoms with Crippen LogP contribution in [0, 0.1) is 5.82 Å². The van der Waals surface area contributed by atoms with Crippen molar-refractivity contribution in [2.24, 2.45) is 5.73 Å². The number of esters is 1. The number of hydrogen-bond acceptors (Lipinski definition) is 6. The molecule has 29 heavy (non-hydrogen) atoms. The monoisotopic (exact) mass is 398 g/mol. The van der Waals surface area contributed by atoms with Crippen molar-refractivity contribution in [1.82, 2.24) is 5.32 Å². The molecule has 150 valence electrons. The zero-order valence-electron chi connectivity index (χ0n) is 15.7. The van der Waals surface area contributed by atoms with E-state index >= 15 is 0 Å². The van der Waals surface area contributed by atoms with Crippen LogP contribution >= 0.6 is 0 Å². The van der Waals surface area contributed by atoms with Gasteiger partial charge < -0.3 is 24.9 Å². The van der Waals surface area contributed by atoms with E-state index in [-0.39, 0.29) is 17.4 Å². The quantitative estimate of drug-likeness (QED) is 0.510. The molecular formula is C21H19FN2O5. The molecule has 2 heterocycles. The van der Waals surface area contributed by atoms with Gasteiger partial charge in [-0.3, -0.25) is 0 Å². The lowest BCUT2D eigenvalue weighted by Gasteiger charge is -2.15. The lowest BCUT2D eigenvalue weighted by molar-refractivity contribution is 0.0640. The number of rotatable bonds is 4. The van der Waals surface area contributed by atoms with Gasteiger partial charge in [-0.15, -0.1) is 0 Å². The Morgan fingerprint density at radius 3 is 2.62 bits per heavy atom. The summed E-state index contributed by atoms with van der Waals surface area (Å²) in [6.07, 6.45) is 0.763. The number of amides is 1. The predicted octanol–water partition coefficient (Wildman–Crippen LogP) is 3.91. The van der Waals surface area contributed by atoms with Gasteiger partial charge in [0, 0.05) is 22.6 Å². The number of carbonyl (C=O) groups excluding carboxylic acids is 2. The minimum absolute atomic E-state index is 0.0228. The highest BCUT2D eigenvalue weighted by molar-refractivity contribution is 6.11. The first-order valence-electron chi connectivity index (χ1n) is 9.13. The smallest absolute Gasteiger partial charge is 0.412 e. The summed E-state index contributed by atoms with van der Waals surface area (Å²) in [6, 6.07) is 9.05. The maximum atomic E-state index is 13.4. The molecule has 1 aliphatic heterocycles. The molecule has 0 spiro atoms. The fourth-order valence-corrected chi connectivity index (χ4v) is 3.69. The highest BCUT2D eigenvalue weighted by Gasteiger charge is 2.28. The summed E-state index contributed by atoms with van der Waals surface area (Å²) < 4.78 is 29.5. The highest BCUT2D eigenvalue weighted by Crippen LogP contribution is 2.40. The van der Waals surface area contributed by atoms with E-state index in [1.54, 1.807) is 13.2 Å². The van der Waals surface area contributed by atoms with Crippen molar-refractivity contribution in [3.63, 3.8) is 0 Å². The number of methoxy groups -OCH3 is 1. The van der Waals surface area contributed by atoms with Gasteiger partial charge in [0.1, 0.15) is 28.5 Å². The van der Waals surface area contributed by atoms with E-state index in [9.17, 15) is 14.0 Å². The van der Waals surface area contributed by atoms with Crippen molar-refractivity contribution in [1.29, 1.82) is 0 Å². The normalized spacial score (nSPS) is 16.1. The van der Waals surface area contributed by atoms with Gasteiger partial charge in [0.2, 0.25) is 0 Å². The van der Waals surface area contributed by atoms with E-state index in [0.29, 0.717) is 22.3 Å². The number of nitrogens with one attached hydrogen (secondary N) is 1. The van der Waals surface area contributed by atoms with Gasteiger partial charge in [-0.2, -0.15) is 0 Å². The molecule has 1 atom stereocenters. The summed E-state index contributed by atoms with van der Waals surface area (Å²) in [6.45, 7) is 0.904. The van der Waals surface area contributed by atoms with E-state index in [1.807, 2.05) is 6.07 Å². The summed E-state index contributed by atoms with van der Waals surface area (Å²) in [5.74, 6) is -0.645. The van der Waals surface area contributed by atoms with Crippen molar-refractivity contribution >= 4 is 23.0 Å². The molecule has 3 N–H and O–H groups in total. The number of hydrogen-bond donors (Lipinski definition) is 2. The van der Waals surface area contributed by atoms with E-state index in [4.69, 9.17) is 14.9 Å². The topological polar surface area (TPSA) is 104 Å². The second-order valence-electron chi connectivity index (χ2n) is 6.76. The summed E-state index contributed by atoms with van der Waals surface area (Å²) in [4.78, 5) is 23.8. The standard InChI is InChI=1S/C21H19FN2O5/c1-27-16-10-14-17(9-13(16)15-3-2-8-24-15)28-19(11-4-6-12(22)7-5-11)18(14)20(25)29-21(23)26/h4-7,9-10,15,24H,2-3,8H2,1H3,(H2,23,26). The molecule has 1 saturated heterocycles. The van der Waals surface area contributed by atoms with E-state index in [2.05, 4.69) is 10.1 Å². The first-order chi connectivity index (χ1) is 14.0. The second-order valence-corrected chi connectivity index (χ2v) is 6.76. The maximum Gasteiger partial charge on any atom is 0.412 e. The van der Waals surface area contributed by atoms with Crippen molar-refractivity contribution < 1.29 is 27.9 Å². The maximum absolute atomic E-state index is 13.4. The number of primary amides is 1. The number of carbonyl (C=O) groups is 2. The largest absolute Gasteiger partial charge is 0.496 e. The fraction of sp³-hybridized carbons (Fsp3) is 0.238. The van der Waals surface area contributed by atoms with Gasteiger partial charge in [0.05, 0.1) is 7.11 Å². The van der Waals surface area contributed by atoms with Crippen LogP contribution in [0.25, 0.3) is 22.3 Å². The molecule has 1 amide bonds. The zero-order chi connectivity index (χ0) is 20.5. The van der Waals surface area contributed by atoms with Gasteiger partial charge in [0.15, 0.2) is 0 Å². The highest BCUT2D eigenvalue weighted by atomic mass is 19.1. The Morgan fingerprint density at radius 1 is 1.24 bits per heavy atom. The first kappa shape index (κ1) is 18.9. The minimum atomic E-state index is -1.23. The Morgan fingerprint density at radius 2 is 2.00 bits per heavy atom. The van der Waals surface area contributed by atoms with Crippen LogP contribution in [-0.4, -0.2) is 25.7 Å². The Labute approximate surface area is 165 Å². The molecule has 7 nitrogen and oxygen atoms in total. The summed E-state index contributed by atoms with van der Waals surface area (Å²) in [5, 5.41) is 3.82. The second kappa shape index (κ2) is 7.56. The molecule has 0 bridgehead atoms. The van der Waals surface area contributed by atoms with Gasteiger partial charge >= 0.3 is 12.1 Å². The van der Waals surface area contributed by atoms with E-state index < -0.39 is 17.9 Å². The van der Waals surface area contributed by atoms with Gasteiger partial charge in [-0.05, 0) is 55.8 Å². The summed E-state index contributed by atoms with van der Waals surface area (Å²) >= 11 is 0. The lowest BCUT2D eigenvalue weighted by Crippen LogP contribution is -2.18. The first-order valence-corrected chi connectivity index (χ1v) is 9.13. The van der Waals surface area contributed by atoms with Crippen molar-refractivity contribution in [2.75, 3.05) is 13.7 Å². The Kier molecular flexibility index (Phi) is 4.94. The number of furan rings is 1. The SMILES string of the molecule is COc1cc2c(C(=O)OC(N)=O)c(-c3ccc(F)cc3)oc2cc1C1CCCN1. The third-order valence-electron chi connectivity index (χ3n) is 4.98. The summed E-state index contributed by atoms with van der Waals surface area (Å²) in [5.41, 5.74) is 6.83. The van der Waals surface area contributed by atoms with Crippen molar-refractivity contribution in [3.05, 3.63) is 53.3 Å². The van der Waals surface area contributed by atoms with Crippen molar-refractivity contribution in [2.45, 2.75) is 18.9 Å². The van der Waals surface area contributed by atoms with E-state index in [0.717, 1.165) is 24.9 Å². The van der Waals surface area contributed by atoms with Crippen LogP contribution in [0.3, 0.4) is 0 Å². The lowest BCUT2D eigenvalue weighted by atomic mass is 10.00. The predicted molar refractivity (Wildman–Crippen MR) is 103 cm³/mol. The molecule has 3 aromatic rings. The molecule has 4 rings (SSSR count). The van der Waals surface area contributed by atoms with Crippen molar-refractivity contribution in [3.8, 4) is 17.1 Å². The molecule has 1 aromatic heterocycles. The van der Waals surface area contributed by atoms with Crippen LogP contribution < -0.4 is 15.8 Å². The molecule has 8 heteroatoms. The number of fused-ring (bicyclic) bond motifs is 1. The van der Waals surface area contributed by atoms with Gasteiger partial charge in [-0.1, -0.05) is 0 Å². The van der Waals surface area contributed by atoms with Crippen LogP contribution in [0.4, 0.5) is 9.18 Å². The molecule has 2 aromatic carbocycles.